The lowest BCUT2D eigenvalue weighted by molar-refractivity contribution is -0.0977. The lowest BCUT2D eigenvalue weighted by atomic mass is 9.99. The molecular formula is C22H19F4N3O. The summed E-state index contributed by atoms with van der Waals surface area (Å²) in [6.07, 6.45) is -2.32. The van der Waals surface area contributed by atoms with Crippen molar-refractivity contribution in [3.8, 4) is 11.8 Å². The second-order valence-corrected chi connectivity index (χ2v) is 7.73. The summed E-state index contributed by atoms with van der Waals surface area (Å²) in [5.41, 5.74) is 0.973. The molecule has 156 valence electrons. The van der Waals surface area contributed by atoms with Gasteiger partial charge in [0.1, 0.15) is 0 Å². The second kappa shape index (κ2) is 7.10. The molecule has 2 aliphatic heterocycles. The van der Waals surface area contributed by atoms with Crippen LogP contribution in [0.5, 0.6) is 0 Å². The molecular weight excluding hydrogens is 398 g/mol. The fourth-order valence-electron chi connectivity index (χ4n) is 4.68. The number of alkyl halides is 3. The van der Waals surface area contributed by atoms with Crippen molar-refractivity contribution in [3.05, 3.63) is 64.2 Å². The molecule has 0 radical (unpaired) electrons. The first-order valence-electron chi connectivity index (χ1n) is 9.59. The van der Waals surface area contributed by atoms with Crippen molar-refractivity contribution in [3.63, 3.8) is 0 Å². The first-order valence-corrected chi connectivity index (χ1v) is 9.59. The summed E-state index contributed by atoms with van der Waals surface area (Å²) in [7, 11) is 0. The molecule has 1 saturated heterocycles. The molecule has 4 rings (SSSR count). The predicted molar refractivity (Wildman–Crippen MR) is 102 cm³/mol. The molecule has 30 heavy (non-hydrogen) atoms. The average molecular weight is 417 g/mol. The number of ketones is 1. The third kappa shape index (κ3) is 3.14. The van der Waals surface area contributed by atoms with Gasteiger partial charge in [-0.3, -0.25) is 9.69 Å². The summed E-state index contributed by atoms with van der Waals surface area (Å²) in [5, 5.41) is 8.94. The number of carbonyl (C=O) groups excluding carboxylic acids is 1. The highest BCUT2D eigenvalue weighted by molar-refractivity contribution is 5.99. The van der Waals surface area contributed by atoms with Crippen LogP contribution in [0.25, 0.3) is 5.69 Å². The zero-order chi connectivity index (χ0) is 21.8. The van der Waals surface area contributed by atoms with Gasteiger partial charge in [-0.1, -0.05) is 6.08 Å². The Hall–Kier alpha value is -2.92. The maximum atomic E-state index is 15.0. The van der Waals surface area contributed by atoms with Crippen LogP contribution in [0.2, 0.25) is 0 Å². The fourth-order valence-corrected chi connectivity index (χ4v) is 4.68. The van der Waals surface area contributed by atoms with Crippen LogP contribution >= 0.6 is 0 Å². The molecule has 0 amide bonds. The van der Waals surface area contributed by atoms with Crippen LogP contribution in [0.4, 0.5) is 17.6 Å². The molecule has 0 aliphatic carbocycles. The summed E-state index contributed by atoms with van der Waals surface area (Å²) < 4.78 is 56.2. The van der Waals surface area contributed by atoms with E-state index in [9.17, 15) is 18.0 Å². The van der Waals surface area contributed by atoms with Crippen molar-refractivity contribution in [2.45, 2.75) is 44.9 Å². The number of Topliss-reactive ketones (excluding diaryl/α,β-unsaturated/α-hetero) is 1. The van der Waals surface area contributed by atoms with Crippen molar-refractivity contribution in [2.24, 2.45) is 0 Å². The zero-order valence-corrected chi connectivity index (χ0v) is 16.4. The standard InChI is InChI=1S/C22H19F4N3O/c1-12-20(21(23)13(2)29(12)15-5-3-14(10-27)4-6-15)19(30)11-28-16-7-8-18(28)17(9-16)22(24,25)26/h3-6,9,16,18H,7-8,11H2,1-2H3/t16-,18+/m0/s1. The van der Waals surface area contributed by atoms with Crippen molar-refractivity contribution < 1.29 is 22.4 Å². The highest BCUT2D eigenvalue weighted by Gasteiger charge is 2.50. The highest BCUT2D eigenvalue weighted by atomic mass is 19.4. The van der Waals surface area contributed by atoms with E-state index in [1.54, 1.807) is 42.7 Å². The molecule has 0 saturated carbocycles. The van der Waals surface area contributed by atoms with Gasteiger partial charge in [-0.05, 0) is 51.0 Å². The lowest BCUT2D eigenvalue weighted by Crippen LogP contribution is -2.37. The van der Waals surface area contributed by atoms with Crippen LogP contribution in [-0.2, 0) is 0 Å². The summed E-state index contributed by atoms with van der Waals surface area (Å²) in [5.74, 6) is -1.20. The summed E-state index contributed by atoms with van der Waals surface area (Å²) in [6, 6.07) is 7.24. The molecule has 4 nitrogen and oxygen atoms in total. The first kappa shape index (κ1) is 20.4. The summed E-state index contributed by atoms with van der Waals surface area (Å²) in [4.78, 5) is 14.5. The number of benzene rings is 1. The Kier molecular flexibility index (Phi) is 4.82. The molecule has 1 fully saturated rings. The third-order valence-electron chi connectivity index (χ3n) is 6.05. The van der Waals surface area contributed by atoms with E-state index in [-0.39, 0.29) is 17.8 Å². The molecule has 2 aromatic rings. The van der Waals surface area contributed by atoms with Gasteiger partial charge >= 0.3 is 6.18 Å². The number of nitriles is 1. The number of hydrogen-bond acceptors (Lipinski definition) is 3. The van der Waals surface area contributed by atoms with E-state index in [4.69, 9.17) is 5.26 Å². The van der Waals surface area contributed by atoms with Crippen LogP contribution in [0.3, 0.4) is 0 Å². The van der Waals surface area contributed by atoms with Gasteiger partial charge in [-0.15, -0.1) is 0 Å². The van der Waals surface area contributed by atoms with E-state index in [0.717, 1.165) is 0 Å². The number of hydrogen-bond donors (Lipinski definition) is 0. The summed E-state index contributed by atoms with van der Waals surface area (Å²) >= 11 is 0. The Morgan fingerprint density at radius 1 is 1.17 bits per heavy atom. The molecule has 2 bridgehead atoms. The maximum Gasteiger partial charge on any atom is 0.413 e. The predicted octanol–water partition coefficient (Wildman–Crippen LogP) is 4.62. The van der Waals surface area contributed by atoms with E-state index in [0.29, 0.717) is 29.8 Å². The smallest absolute Gasteiger partial charge is 0.315 e. The monoisotopic (exact) mass is 417 g/mol. The lowest BCUT2D eigenvalue weighted by Gasteiger charge is -2.23. The Balaban J connectivity index is 1.62. The summed E-state index contributed by atoms with van der Waals surface area (Å²) in [6.45, 7) is 2.89. The van der Waals surface area contributed by atoms with Crippen LogP contribution in [0.1, 0.15) is 40.2 Å². The van der Waals surface area contributed by atoms with Gasteiger partial charge in [0.2, 0.25) is 0 Å². The molecule has 1 aromatic heterocycles. The minimum absolute atomic E-state index is 0.100. The average Bonchev–Trinajstić information content (AvgIpc) is 3.31. The van der Waals surface area contributed by atoms with E-state index in [1.165, 1.54) is 11.0 Å². The van der Waals surface area contributed by atoms with Crippen molar-refractivity contribution in [2.75, 3.05) is 6.54 Å². The van der Waals surface area contributed by atoms with Crippen molar-refractivity contribution >= 4 is 5.78 Å². The quantitative estimate of drug-likeness (QED) is 0.414. The fraction of sp³-hybridized carbons (Fsp3) is 0.364. The third-order valence-corrected chi connectivity index (χ3v) is 6.05. The Morgan fingerprint density at radius 2 is 1.83 bits per heavy atom. The molecule has 0 unspecified atom stereocenters. The van der Waals surface area contributed by atoms with Crippen LogP contribution in [-0.4, -0.2) is 40.1 Å². The Morgan fingerprint density at radius 3 is 2.40 bits per heavy atom. The van der Waals surface area contributed by atoms with E-state index in [1.807, 2.05) is 6.07 Å². The largest absolute Gasteiger partial charge is 0.413 e. The van der Waals surface area contributed by atoms with Gasteiger partial charge in [-0.2, -0.15) is 18.4 Å². The van der Waals surface area contributed by atoms with E-state index in [2.05, 4.69) is 0 Å². The van der Waals surface area contributed by atoms with Gasteiger partial charge in [0, 0.05) is 29.0 Å². The van der Waals surface area contributed by atoms with E-state index < -0.39 is 35.4 Å². The van der Waals surface area contributed by atoms with E-state index >= 15 is 4.39 Å². The SMILES string of the molecule is Cc1c(F)c(C(=O)CN2[C@@H]3C=C(C(F)(F)F)[C@H]2CC3)c(C)n1-c1ccc(C#N)cc1. The van der Waals surface area contributed by atoms with Crippen LogP contribution < -0.4 is 0 Å². The number of carbonyl (C=O) groups is 1. The molecule has 0 spiro atoms. The van der Waals surface area contributed by atoms with Crippen LogP contribution in [0, 0.1) is 31.0 Å². The topological polar surface area (TPSA) is 49.0 Å². The Labute approximate surface area is 171 Å². The molecule has 8 heteroatoms. The minimum atomic E-state index is -4.42. The normalized spacial score (nSPS) is 21.0. The van der Waals surface area contributed by atoms with Gasteiger partial charge < -0.3 is 4.57 Å². The highest BCUT2D eigenvalue weighted by Crippen LogP contribution is 2.44. The Bertz CT molecular complexity index is 1090. The minimum Gasteiger partial charge on any atom is -0.315 e. The number of aromatic nitrogens is 1. The van der Waals surface area contributed by atoms with Gasteiger partial charge in [-0.25, -0.2) is 4.39 Å². The molecule has 0 N–H and O–H groups in total. The number of fused-ring (bicyclic) bond motifs is 2. The van der Waals surface area contributed by atoms with Gasteiger partial charge in [0.05, 0.1) is 29.4 Å². The molecule has 2 atom stereocenters. The van der Waals surface area contributed by atoms with Crippen LogP contribution in [0.15, 0.2) is 35.9 Å². The second-order valence-electron chi connectivity index (χ2n) is 7.73. The zero-order valence-electron chi connectivity index (χ0n) is 16.4. The first-order chi connectivity index (χ1) is 14.1. The number of rotatable bonds is 4. The van der Waals surface area contributed by atoms with Gasteiger partial charge in [0.25, 0.3) is 0 Å². The molecule has 3 heterocycles. The maximum absolute atomic E-state index is 15.0. The van der Waals surface area contributed by atoms with Gasteiger partial charge in [0.15, 0.2) is 11.6 Å². The number of nitrogens with zero attached hydrogens (tertiary/aromatic N) is 3. The van der Waals surface area contributed by atoms with Crippen molar-refractivity contribution in [1.29, 1.82) is 5.26 Å². The number of halogens is 4. The van der Waals surface area contributed by atoms with Crippen molar-refractivity contribution in [1.82, 2.24) is 9.47 Å². The molecule has 2 aliphatic rings. The molecule has 1 aromatic carbocycles.